The third kappa shape index (κ3) is 6.93. The molecule has 0 radical (unpaired) electrons. The first-order chi connectivity index (χ1) is 8.90. The van der Waals surface area contributed by atoms with Crippen molar-refractivity contribution >= 4 is 15.7 Å². The summed E-state index contributed by atoms with van der Waals surface area (Å²) in [6.45, 7) is 1.06. The molecule has 0 unspecified atom stereocenters. The predicted octanol–water partition coefficient (Wildman–Crippen LogP) is 0.457. The monoisotopic (exact) mass is 284 g/mol. The lowest BCUT2D eigenvalue weighted by atomic mass is 10.1. The maximum absolute atomic E-state index is 11.4. The minimum atomic E-state index is -3.03. The van der Waals surface area contributed by atoms with Crippen LogP contribution in [0.2, 0.25) is 0 Å². The van der Waals surface area contributed by atoms with Crippen molar-refractivity contribution in [2.24, 2.45) is 0 Å². The van der Waals surface area contributed by atoms with Gasteiger partial charge in [-0.2, -0.15) is 0 Å². The second-order valence-electron chi connectivity index (χ2n) is 4.52. The van der Waals surface area contributed by atoms with Crippen molar-refractivity contribution in [3.63, 3.8) is 0 Å². The van der Waals surface area contributed by atoms with Crippen molar-refractivity contribution in [3.05, 3.63) is 35.4 Å². The number of hydrogen-bond acceptors (Lipinski definition) is 4. The van der Waals surface area contributed by atoms with E-state index in [1.165, 1.54) is 6.26 Å². The predicted molar refractivity (Wildman–Crippen MR) is 75.4 cm³/mol. The Labute approximate surface area is 114 Å². The number of hydrogen-bond donors (Lipinski definition) is 2. The molecule has 0 saturated heterocycles. The molecular weight excluding hydrogens is 264 g/mol. The molecule has 0 bridgehead atoms. The number of rotatable bonds is 7. The van der Waals surface area contributed by atoms with E-state index in [2.05, 4.69) is 10.6 Å². The van der Waals surface area contributed by atoms with E-state index in [-0.39, 0.29) is 11.7 Å². The lowest BCUT2D eigenvalue weighted by molar-refractivity contribution is -0.121. The number of carbonyl (C=O) groups excluding carboxylic acids is 1. The van der Waals surface area contributed by atoms with Gasteiger partial charge >= 0.3 is 0 Å². The number of amides is 1. The van der Waals surface area contributed by atoms with Gasteiger partial charge in [-0.25, -0.2) is 8.42 Å². The Bertz CT molecular complexity index is 526. The third-order valence-corrected chi connectivity index (χ3v) is 3.37. The fourth-order valence-electron chi connectivity index (χ4n) is 1.66. The normalized spacial score (nSPS) is 11.3. The van der Waals surface area contributed by atoms with Crippen LogP contribution in [0.15, 0.2) is 24.3 Å². The van der Waals surface area contributed by atoms with Gasteiger partial charge in [-0.1, -0.05) is 24.3 Å². The van der Waals surface area contributed by atoms with Gasteiger partial charge in [0.2, 0.25) is 5.91 Å². The molecule has 0 atom stereocenters. The van der Waals surface area contributed by atoms with E-state index in [1.54, 1.807) is 25.2 Å². The van der Waals surface area contributed by atoms with Crippen molar-refractivity contribution in [2.75, 3.05) is 19.8 Å². The summed E-state index contributed by atoms with van der Waals surface area (Å²) in [7, 11) is -1.24. The lowest BCUT2D eigenvalue weighted by Crippen LogP contribution is -2.26. The molecule has 0 aliphatic rings. The van der Waals surface area contributed by atoms with Gasteiger partial charge in [0.1, 0.15) is 0 Å². The minimum Gasteiger partial charge on any atom is -0.352 e. The standard InChI is InChI=1S/C13H20N2O3S/c1-14-7-6-13(16)15-9-11-4-3-5-12(8-11)10-19(2,17)18/h3-5,8,14H,6-7,9-10H2,1-2H3,(H,15,16). The highest BCUT2D eigenvalue weighted by atomic mass is 32.2. The van der Waals surface area contributed by atoms with E-state index in [4.69, 9.17) is 0 Å². The topological polar surface area (TPSA) is 75.3 Å². The molecule has 6 heteroatoms. The third-order valence-electron chi connectivity index (χ3n) is 2.51. The van der Waals surface area contributed by atoms with Crippen molar-refractivity contribution in [3.8, 4) is 0 Å². The van der Waals surface area contributed by atoms with E-state index in [1.807, 2.05) is 6.07 Å². The van der Waals surface area contributed by atoms with E-state index < -0.39 is 9.84 Å². The smallest absolute Gasteiger partial charge is 0.221 e. The van der Waals surface area contributed by atoms with Crippen molar-refractivity contribution in [1.82, 2.24) is 10.6 Å². The fraction of sp³-hybridized carbons (Fsp3) is 0.462. The Kier molecular flexibility index (Phi) is 5.98. The van der Waals surface area contributed by atoms with Gasteiger partial charge in [-0.3, -0.25) is 4.79 Å². The van der Waals surface area contributed by atoms with Crippen LogP contribution in [0.3, 0.4) is 0 Å². The van der Waals surface area contributed by atoms with Gasteiger partial charge in [0, 0.05) is 25.8 Å². The van der Waals surface area contributed by atoms with Crippen LogP contribution in [-0.4, -0.2) is 34.2 Å². The highest BCUT2D eigenvalue weighted by Gasteiger charge is 2.05. The van der Waals surface area contributed by atoms with Crippen LogP contribution in [0.25, 0.3) is 0 Å². The molecule has 0 aliphatic heterocycles. The van der Waals surface area contributed by atoms with E-state index in [9.17, 15) is 13.2 Å². The summed E-state index contributed by atoms with van der Waals surface area (Å²) in [6, 6.07) is 7.24. The minimum absolute atomic E-state index is 0.0224. The molecule has 0 aromatic heterocycles. The largest absolute Gasteiger partial charge is 0.352 e. The molecule has 0 fully saturated rings. The summed E-state index contributed by atoms with van der Waals surface area (Å²) in [5, 5.41) is 5.70. The van der Waals surface area contributed by atoms with Gasteiger partial charge in [0.25, 0.3) is 0 Å². The summed E-state index contributed by atoms with van der Waals surface area (Å²) in [5.41, 5.74) is 1.64. The Morgan fingerprint density at radius 3 is 2.58 bits per heavy atom. The van der Waals surface area contributed by atoms with Crippen LogP contribution in [0.5, 0.6) is 0 Å². The zero-order valence-corrected chi connectivity index (χ0v) is 12.1. The quantitative estimate of drug-likeness (QED) is 0.762. The van der Waals surface area contributed by atoms with Crippen LogP contribution in [0.1, 0.15) is 17.5 Å². The molecular formula is C13H20N2O3S. The molecule has 0 spiro atoms. The molecule has 1 aromatic rings. The molecule has 1 amide bonds. The number of sulfone groups is 1. The Hall–Kier alpha value is -1.40. The van der Waals surface area contributed by atoms with Crippen molar-refractivity contribution in [1.29, 1.82) is 0 Å². The Morgan fingerprint density at radius 1 is 1.26 bits per heavy atom. The molecule has 1 aromatic carbocycles. The SMILES string of the molecule is CNCCC(=O)NCc1cccc(CS(C)(=O)=O)c1. The molecule has 0 aliphatic carbocycles. The van der Waals surface area contributed by atoms with Crippen molar-refractivity contribution < 1.29 is 13.2 Å². The zero-order valence-electron chi connectivity index (χ0n) is 11.3. The molecule has 5 nitrogen and oxygen atoms in total. The molecule has 0 saturated carbocycles. The van der Waals surface area contributed by atoms with Gasteiger partial charge in [0.05, 0.1) is 5.75 Å². The van der Waals surface area contributed by atoms with Gasteiger partial charge < -0.3 is 10.6 Å². The maximum atomic E-state index is 11.4. The van der Waals surface area contributed by atoms with Crippen molar-refractivity contribution in [2.45, 2.75) is 18.7 Å². The highest BCUT2D eigenvalue weighted by molar-refractivity contribution is 7.89. The van der Waals surface area contributed by atoms with Gasteiger partial charge in [-0.15, -0.1) is 0 Å². The van der Waals surface area contributed by atoms with Gasteiger partial charge in [0.15, 0.2) is 9.84 Å². The second-order valence-corrected chi connectivity index (χ2v) is 6.66. The zero-order chi connectivity index (χ0) is 14.3. The van der Waals surface area contributed by atoms with Gasteiger partial charge in [-0.05, 0) is 18.2 Å². The lowest BCUT2D eigenvalue weighted by Gasteiger charge is -2.07. The average molecular weight is 284 g/mol. The number of carbonyl (C=O) groups is 1. The first-order valence-electron chi connectivity index (χ1n) is 6.07. The van der Waals surface area contributed by atoms with Crippen LogP contribution in [-0.2, 0) is 26.9 Å². The fourth-order valence-corrected chi connectivity index (χ4v) is 2.44. The maximum Gasteiger partial charge on any atom is 0.221 e. The van der Waals surface area contributed by atoms with E-state index in [0.717, 1.165) is 11.1 Å². The van der Waals surface area contributed by atoms with Crippen LogP contribution in [0.4, 0.5) is 0 Å². The summed E-state index contributed by atoms with van der Waals surface area (Å²) < 4.78 is 22.4. The summed E-state index contributed by atoms with van der Waals surface area (Å²) in [4.78, 5) is 11.4. The first-order valence-corrected chi connectivity index (χ1v) is 8.13. The molecule has 1 rings (SSSR count). The molecule has 19 heavy (non-hydrogen) atoms. The number of benzene rings is 1. The second kappa shape index (κ2) is 7.25. The van der Waals surface area contributed by atoms with Crippen LogP contribution >= 0.6 is 0 Å². The molecule has 0 heterocycles. The number of nitrogens with one attached hydrogen (secondary N) is 2. The Balaban J connectivity index is 2.55. The Morgan fingerprint density at radius 2 is 1.95 bits per heavy atom. The van der Waals surface area contributed by atoms with Crippen LogP contribution < -0.4 is 10.6 Å². The molecule has 2 N–H and O–H groups in total. The highest BCUT2D eigenvalue weighted by Crippen LogP contribution is 2.08. The first kappa shape index (κ1) is 15.7. The summed E-state index contributed by atoms with van der Waals surface area (Å²) >= 11 is 0. The summed E-state index contributed by atoms with van der Waals surface area (Å²) in [6.07, 6.45) is 1.64. The summed E-state index contributed by atoms with van der Waals surface area (Å²) in [5.74, 6) is -0.00276. The van der Waals surface area contributed by atoms with Crippen LogP contribution in [0, 0.1) is 0 Å². The average Bonchev–Trinajstić information content (AvgIpc) is 2.32. The van der Waals surface area contributed by atoms with E-state index >= 15 is 0 Å². The van der Waals surface area contributed by atoms with E-state index in [0.29, 0.717) is 19.5 Å². The molecule has 106 valence electrons.